The van der Waals surface area contributed by atoms with Crippen molar-refractivity contribution in [1.82, 2.24) is 0 Å². The molecule has 0 aliphatic rings. The average Bonchev–Trinajstić information content (AvgIpc) is 2.48. The Hall–Kier alpha value is -2.09. The first-order valence-corrected chi connectivity index (χ1v) is 6.54. The predicted molar refractivity (Wildman–Crippen MR) is 78.1 cm³/mol. The van der Waals surface area contributed by atoms with Crippen molar-refractivity contribution in [1.29, 1.82) is 0 Å². The molecule has 2 rings (SSSR count). The molecule has 2 aromatic carbocycles. The van der Waals surface area contributed by atoms with Gasteiger partial charge in [0.05, 0.1) is 17.1 Å². The second-order valence-corrected chi connectivity index (χ2v) is 4.53. The molecule has 0 heterocycles. The molecule has 0 spiro atoms. The Bertz CT molecular complexity index is 707. The monoisotopic (exact) mass is 307 g/mol. The molecule has 108 valence electrons. The van der Waals surface area contributed by atoms with Crippen LogP contribution >= 0.6 is 11.6 Å². The van der Waals surface area contributed by atoms with Crippen LogP contribution in [0.4, 0.5) is 8.78 Å². The van der Waals surface area contributed by atoms with Crippen molar-refractivity contribution in [3.63, 3.8) is 0 Å². The van der Waals surface area contributed by atoms with Crippen LogP contribution in [0.2, 0.25) is 5.02 Å². The van der Waals surface area contributed by atoms with Crippen LogP contribution in [-0.4, -0.2) is 6.54 Å². The van der Waals surface area contributed by atoms with Gasteiger partial charge in [0.25, 0.3) is 0 Å². The van der Waals surface area contributed by atoms with Gasteiger partial charge in [-0.25, -0.2) is 8.78 Å². The maximum Gasteiger partial charge on any atom is 0.142 e. The van der Waals surface area contributed by atoms with Crippen molar-refractivity contribution in [3.05, 3.63) is 64.2 Å². The van der Waals surface area contributed by atoms with E-state index in [0.29, 0.717) is 16.9 Å². The van der Waals surface area contributed by atoms with E-state index >= 15 is 0 Å². The summed E-state index contributed by atoms with van der Waals surface area (Å²) in [5.41, 5.74) is 6.18. The topological polar surface area (TPSA) is 35.2 Å². The quantitative estimate of drug-likeness (QED) is 0.881. The summed E-state index contributed by atoms with van der Waals surface area (Å²) in [5, 5.41) is 0.00852. The van der Waals surface area contributed by atoms with E-state index in [9.17, 15) is 8.78 Å². The van der Waals surface area contributed by atoms with E-state index in [1.54, 1.807) is 12.1 Å². The number of hydrogen-bond acceptors (Lipinski definition) is 2. The fourth-order valence-electron chi connectivity index (χ4n) is 1.69. The van der Waals surface area contributed by atoms with Crippen molar-refractivity contribution < 1.29 is 13.5 Å². The van der Waals surface area contributed by atoms with E-state index in [-0.39, 0.29) is 18.2 Å². The summed E-state index contributed by atoms with van der Waals surface area (Å²) in [4.78, 5) is 0. The molecule has 2 N–H and O–H groups in total. The number of rotatable bonds is 3. The molecule has 5 heteroatoms. The third-order valence-electron chi connectivity index (χ3n) is 2.68. The zero-order valence-corrected chi connectivity index (χ0v) is 11.8. The number of halogens is 3. The van der Waals surface area contributed by atoms with Crippen molar-refractivity contribution in [3.8, 4) is 17.6 Å². The molecule has 0 unspecified atom stereocenters. The lowest BCUT2D eigenvalue weighted by molar-refractivity contribution is 0.304. The van der Waals surface area contributed by atoms with Crippen molar-refractivity contribution in [2.45, 2.75) is 6.61 Å². The van der Waals surface area contributed by atoms with Crippen molar-refractivity contribution in [2.24, 2.45) is 5.73 Å². The van der Waals surface area contributed by atoms with Crippen LogP contribution in [0.5, 0.6) is 5.75 Å². The molecule has 0 atom stereocenters. The Labute approximate surface area is 126 Å². The van der Waals surface area contributed by atoms with Gasteiger partial charge in [0, 0.05) is 5.56 Å². The molecule has 0 saturated heterocycles. The fraction of sp³-hybridized carbons (Fsp3) is 0.125. The first-order valence-electron chi connectivity index (χ1n) is 6.16. The molecule has 0 aromatic heterocycles. The predicted octanol–water partition coefficient (Wildman–Crippen LogP) is 3.51. The molecule has 0 aliphatic heterocycles. The second-order valence-electron chi connectivity index (χ2n) is 4.15. The Balaban J connectivity index is 2.22. The van der Waals surface area contributed by atoms with Gasteiger partial charge in [0.1, 0.15) is 24.0 Å². The van der Waals surface area contributed by atoms with Crippen LogP contribution in [0.1, 0.15) is 11.1 Å². The summed E-state index contributed by atoms with van der Waals surface area (Å²) >= 11 is 5.85. The minimum Gasteiger partial charge on any atom is -0.488 e. The van der Waals surface area contributed by atoms with E-state index in [2.05, 4.69) is 11.8 Å². The SMILES string of the molecule is NCC#Cc1cc(F)ccc1OCc1cccc(F)c1Cl. The Morgan fingerprint density at radius 3 is 2.76 bits per heavy atom. The molecule has 21 heavy (non-hydrogen) atoms. The van der Waals surface area contributed by atoms with Gasteiger partial charge < -0.3 is 10.5 Å². The van der Waals surface area contributed by atoms with Crippen LogP contribution in [0, 0.1) is 23.5 Å². The normalized spacial score (nSPS) is 9.90. The lowest BCUT2D eigenvalue weighted by atomic mass is 10.2. The van der Waals surface area contributed by atoms with Gasteiger partial charge in [0.2, 0.25) is 0 Å². The van der Waals surface area contributed by atoms with E-state index in [1.165, 1.54) is 24.3 Å². The van der Waals surface area contributed by atoms with Crippen LogP contribution in [0.15, 0.2) is 36.4 Å². The third kappa shape index (κ3) is 3.94. The number of hydrogen-bond donors (Lipinski definition) is 1. The maximum absolute atomic E-state index is 13.3. The highest BCUT2D eigenvalue weighted by Gasteiger charge is 2.08. The zero-order chi connectivity index (χ0) is 15.2. The average molecular weight is 308 g/mol. The molecule has 2 nitrogen and oxygen atoms in total. The highest BCUT2D eigenvalue weighted by atomic mass is 35.5. The Morgan fingerprint density at radius 2 is 2.00 bits per heavy atom. The van der Waals surface area contributed by atoms with E-state index in [1.807, 2.05) is 0 Å². The Kier molecular flexibility index (Phi) is 5.15. The summed E-state index contributed by atoms with van der Waals surface area (Å²) in [6.45, 7) is 0.214. The minimum atomic E-state index is -0.514. The minimum absolute atomic E-state index is 0.00852. The molecule has 2 aromatic rings. The fourth-order valence-corrected chi connectivity index (χ4v) is 1.87. The standard InChI is InChI=1S/C16H12ClF2NO/c17-16-12(3-1-5-14(16)19)10-21-15-7-6-13(18)9-11(15)4-2-8-20/h1,3,5-7,9H,8,10,20H2. The van der Waals surface area contributed by atoms with E-state index in [4.69, 9.17) is 22.1 Å². The number of benzene rings is 2. The van der Waals surface area contributed by atoms with Gasteiger partial charge in [-0.05, 0) is 24.3 Å². The van der Waals surface area contributed by atoms with Crippen molar-refractivity contribution >= 4 is 11.6 Å². The van der Waals surface area contributed by atoms with Gasteiger partial charge in [-0.3, -0.25) is 0 Å². The molecule has 0 saturated carbocycles. The summed E-state index contributed by atoms with van der Waals surface area (Å²) < 4.78 is 32.1. The molecule has 0 fully saturated rings. The van der Waals surface area contributed by atoms with Crippen LogP contribution < -0.4 is 10.5 Å². The van der Waals surface area contributed by atoms with Crippen molar-refractivity contribution in [2.75, 3.05) is 6.54 Å². The molecule has 0 bridgehead atoms. The molecular formula is C16H12ClF2NO. The van der Waals surface area contributed by atoms with Gasteiger partial charge in [-0.1, -0.05) is 35.6 Å². The first kappa shape index (κ1) is 15.3. The van der Waals surface area contributed by atoms with E-state index < -0.39 is 11.6 Å². The van der Waals surface area contributed by atoms with Gasteiger partial charge in [-0.15, -0.1) is 0 Å². The zero-order valence-electron chi connectivity index (χ0n) is 11.0. The lowest BCUT2D eigenvalue weighted by Crippen LogP contribution is -2.00. The first-order chi connectivity index (χ1) is 10.1. The lowest BCUT2D eigenvalue weighted by Gasteiger charge is -2.10. The van der Waals surface area contributed by atoms with Crippen LogP contribution in [0.3, 0.4) is 0 Å². The largest absolute Gasteiger partial charge is 0.488 e. The second kappa shape index (κ2) is 7.07. The van der Waals surface area contributed by atoms with Crippen LogP contribution in [-0.2, 0) is 6.61 Å². The number of nitrogens with two attached hydrogens (primary N) is 1. The Morgan fingerprint density at radius 1 is 1.19 bits per heavy atom. The number of ether oxygens (including phenoxy) is 1. The summed E-state index contributed by atoms with van der Waals surface area (Å²) in [5.74, 6) is 4.81. The maximum atomic E-state index is 13.3. The summed E-state index contributed by atoms with van der Waals surface area (Å²) in [7, 11) is 0. The van der Waals surface area contributed by atoms with Gasteiger partial charge in [0.15, 0.2) is 0 Å². The van der Waals surface area contributed by atoms with Gasteiger partial charge in [-0.2, -0.15) is 0 Å². The highest BCUT2D eigenvalue weighted by molar-refractivity contribution is 6.31. The van der Waals surface area contributed by atoms with Gasteiger partial charge >= 0.3 is 0 Å². The third-order valence-corrected chi connectivity index (χ3v) is 3.10. The van der Waals surface area contributed by atoms with Crippen LogP contribution in [0.25, 0.3) is 0 Å². The summed E-state index contributed by atoms with van der Waals surface area (Å²) in [6, 6.07) is 8.44. The molecule has 0 radical (unpaired) electrons. The molecular weight excluding hydrogens is 296 g/mol. The molecule has 0 amide bonds. The van der Waals surface area contributed by atoms with E-state index in [0.717, 1.165) is 0 Å². The smallest absolute Gasteiger partial charge is 0.142 e. The highest BCUT2D eigenvalue weighted by Crippen LogP contribution is 2.24. The summed E-state index contributed by atoms with van der Waals surface area (Å²) in [6.07, 6.45) is 0. The molecule has 0 aliphatic carbocycles.